The van der Waals surface area contributed by atoms with Crippen molar-refractivity contribution in [3.05, 3.63) is 42.0 Å². The van der Waals surface area contributed by atoms with Crippen LogP contribution in [0.5, 0.6) is 0 Å². The normalized spacial score (nSPS) is 10.9. The molecular weight excluding hydrogens is 192 g/mol. The second-order valence-corrected chi connectivity index (χ2v) is 2.92. The van der Waals surface area contributed by atoms with Gasteiger partial charge in [-0.3, -0.25) is 4.79 Å². The molecule has 1 aromatic rings. The van der Waals surface area contributed by atoms with Gasteiger partial charge in [-0.15, -0.1) is 0 Å². The van der Waals surface area contributed by atoms with Gasteiger partial charge in [0, 0.05) is 5.56 Å². The van der Waals surface area contributed by atoms with Crippen molar-refractivity contribution in [2.75, 3.05) is 14.2 Å². The summed E-state index contributed by atoms with van der Waals surface area (Å²) in [4.78, 5) is 10.9. The van der Waals surface area contributed by atoms with Gasteiger partial charge in [0.15, 0.2) is 0 Å². The fraction of sp³-hybridized carbons (Fsp3) is 0.250. The molecule has 0 aliphatic carbocycles. The molecule has 0 N–H and O–H groups in total. The first-order chi connectivity index (χ1) is 7.27. The number of benzene rings is 1. The van der Waals surface area contributed by atoms with Gasteiger partial charge in [-0.1, -0.05) is 30.3 Å². The number of methoxy groups -OCH3 is 2. The summed E-state index contributed by atoms with van der Waals surface area (Å²) in [6.45, 7) is 0. The van der Waals surface area contributed by atoms with Gasteiger partial charge < -0.3 is 9.47 Å². The Morgan fingerprint density at radius 2 is 1.87 bits per heavy atom. The second-order valence-electron chi connectivity index (χ2n) is 2.92. The SMILES string of the molecule is COC(=O)C/C=C(/OC)c1ccccc1. The Bertz CT molecular complexity index is 341. The van der Waals surface area contributed by atoms with E-state index in [4.69, 9.17) is 4.74 Å². The van der Waals surface area contributed by atoms with E-state index in [9.17, 15) is 4.79 Å². The summed E-state index contributed by atoms with van der Waals surface area (Å²) in [5, 5.41) is 0. The summed E-state index contributed by atoms with van der Waals surface area (Å²) >= 11 is 0. The highest BCUT2D eigenvalue weighted by Crippen LogP contribution is 2.14. The minimum Gasteiger partial charge on any atom is -0.496 e. The second kappa shape index (κ2) is 5.86. The van der Waals surface area contributed by atoms with Crippen molar-refractivity contribution in [2.24, 2.45) is 0 Å². The molecule has 3 heteroatoms. The molecular formula is C12H14O3. The molecule has 0 saturated carbocycles. The van der Waals surface area contributed by atoms with Crippen LogP contribution in [-0.4, -0.2) is 20.2 Å². The standard InChI is InChI=1S/C12H14O3/c1-14-11(8-9-12(13)15-2)10-6-4-3-5-7-10/h3-8H,9H2,1-2H3/b11-8+. The van der Waals surface area contributed by atoms with Crippen LogP contribution in [0, 0.1) is 0 Å². The van der Waals surface area contributed by atoms with Gasteiger partial charge in [-0.25, -0.2) is 0 Å². The predicted molar refractivity (Wildman–Crippen MR) is 58.1 cm³/mol. The third-order valence-electron chi connectivity index (χ3n) is 1.96. The van der Waals surface area contributed by atoms with Crippen LogP contribution in [0.2, 0.25) is 0 Å². The minimum absolute atomic E-state index is 0.217. The largest absolute Gasteiger partial charge is 0.496 e. The van der Waals surface area contributed by atoms with Gasteiger partial charge in [0.05, 0.1) is 20.6 Å². The minimum atomic E-state index is -0.277. The molecule has 0 bridgehead atoms. The van der Waals surface area contributed by atoms with Gasteiger partial charge in [0.2, 0.25) is 0 Å². The first-order valence-electron chi connectivity index (χ1n) is 4.64. The summed E-state index contributed by atoms with van der Waals surface area (Å²) < 4.78 is 9.73. The van der Waals surface area contributed by atoms with E-state index in [0.29, 0.717) is 5.76 Å². The smallest absolute Gasteiger partial charge is 0.309 e. The molecule has 0 spiro atoms. The lowest BCUT2D eigenvalue weighted by Crippen LogP contribution is -1.98. The number of esters is 1. The molecule has 0 unspecified atom stereocenters. The Labute approximate surface area is 89.3 Å². The van der Waals surface area contributed by atoms with Crippen molar-refractivity contribution in [1.82, 2.24) is 0 Å². The molecule has 0 heterocycles. The Morgan fingerprint density at radius 1 is 1.20 bits per heavy atom. The van der Waals surface area contributed by atoms with Crippen molar-refractivity contribution in [2.45, 2.75) is 6.42 Å². The van der Waals surface area contributed by atoms with Crippen molar-refractivity contribution >= 4 is 11.7 Å². The lowest BCUT2D eigenvalue weighted by atomic mass is 10.1. The van der Waals surface area contributed by atoms with Crippen LogP contribution in [0.25, 0.3) is 5.76 Å². The maximum Gasteiger partial charge on any atom is 0.309 e. The third kappa shape index (κ3) is 3.46. The fourth-order valence-electron chi connectivity index (χ4n) is 1.18. The maximum atomic E-state index is 10.9. The van der Waals surface area contributed by atoms with E-state index in [1.165, 1.54) is 7.11 Å². The van der Waals surface area contributed by atoms with Crippen LogP contribution in [-0.2, 0) is 14.3 Å². The molecule has 0 fully saturated rings. The van der Waals surface area contributed by atoms with Gasteiger partial charge in [0.1, 0.15) is 5.76 Å². The van der Waals surface area contributed by atoms with E-state index >= 15 is 0 Å². The van der Waals surface area contributed by atoms with Crippen molar-refractivity contribution in [3.63, 3.8) is 0 Å². The zero-order valence-corrected chi connectivity index (χ0v) is 8.90. The van der Waals surface area contributed by atoms with Crippen molar-refractivity contribution < 1.29 is 14.3 Å². The number of hydrogen-bond acceptors (Lipinski definition) is 3. The highest BCUT2D eigenvalue weighted by atomic mass is 16.5. The van der Waals surface area contributed by atoms with Crippen molar-refractivity contribution in [1.29, 1.82) is 0 Å². The number of carbonyl (C=O) groups is 1. The molecule has 15 heavy (non-hydrogen) atoms. The van der Waals surface area contributed by atoms with Crippen LogP contribution < -0.4 is 0 Å². The Balaban J connectivity index is 2.76. The summed E-state index contributed by atoms with van der Waals surface area (Å²) in [5.41, 5.74) is 0.948. The van der Waals surface area contributed by atoms with E-state index in [1.807, 2.05) is 30.3 Å². The molecule has 0 amide bonds. The van der Waals surface area contributed by atoms with E-state index in [-0.39, 0.29) is 12.4 Å². The number of rotatable bonds is 4. The number of carbonyl (C=O) groups excluding carboxylic acids is 1. The van der Waals surface area contributed by atoms with Gasteiger partial charge in [-0.05, 0) is 6.08 Å². The number of ether oxygens (including phenoxy) is 2. The Hall–Kier alpha value is -1.77. The van der Waals surface area contributed by atoms with Gasteiger partial charge in [-0.2, -0.15) is 0 Å². The molecule has 1 rings (SSSR count). The van der Waals surface area contributed by atoms with Crippen LogP contribution in [0.3, 0.4) is 0 Å². The fourth-order valence-corrected chi connectivity index (χ4v) is 1.18. The summed E-state index contributed by atoms with van der Waals surface area (Å²) in [5.74, 6) is 0.404. The molecule has 0 aliphatic heterocycles. The molecule has 80 valence electrons. The molecule has 0 aliphatic rings. The molecule has 0 atom stereocenters. The zero-order valence-electron chi connectivity index (χ0n) is 8.90. The molecule has 0 aromatic heterocycles. The highest BCUT2D eigenvalue weighted by molar-refractivity contribution is 5.74. The van der Waals surface area contributed by atoms with Crippen LogP contribution in [0.15, 0.2) is 36.4 Å². The summed E-state index contributed by atoms with van der Waals surface area (Å²) in [7, 11) is 2.95. The van der Waals surface area contributed by atoms with E-state index in [1.54, 1.807) is 13.2 Å². The summed E-state index contributed by atoms with van der Waals surface area (Å²) in [6, 6.07) is 9.61. The summed E-state index contributed by atoms with van der Waals surface area (Å²) in [6.07, 6.45) is 1.93. The third-order valence-corrected chi connectivity index (χ3v) is 1.96. The highest BCUT2D eigenvalue weighted by Gasteiger charge is 2.02. The molecule has 0 saturated heterocycles. The van der Waals surface area contributed by atoms with E-state index < -0.39 is 0 Å². The topological polar surface area (TPSA) is 35.5 Å². The predicted octanol–water partition coefficient (Wildman–Crippen LogP) is 2.24. The quantitative estimate of drug-likeness (QED) is 0.559. The average molecular weight is 206 g/mol. The van der Waals surface area contributed by atoms with Crippen LogP contribution in [0.1, 0.15) is 12.0 Å². The number of hydrogen-bond donors (Lipinski definition) is 0. The average Bonchev–Trinajstić information content (AvgIpc) is 2.31. The first-order valence-corrected chi connectivity index (χ1v) is 4.64. The molecule has 1 aromatic carbocycles. The van der Waals surface area contributed by atoms with Crippen LogP contribution >= 0.6 is 0 Å². The van der Waals surface area contributed by atoms with Crippen LogP contribution in [0.4, 0.5) is 0 Å². The lowest BCUT2D eigenvalue weighted by Gasteiger charge is -2.05. The maximum absolute atomic E-state index is 10.9. The van der Waals surface area contributed by atoms with E-state index in [0.717, 1.165) is 5.56 Å². The zero-order chi connectivity index (χ0) is 11.1. The lowest BCUT2D eigenvalue weighted by molar-refractivity contribution is -0.139. The first kappa shape index (κ1) is 11.3. The Kier molecular flexibility index (Phi) is 4.41. The van der Waals surface area contributed by atoms with Gasteiger partial charge in [0.25, 0.3) is 0 Å². The van der Waals surface area contributed by atoms with Crippen molar-refractivity contribution in [3.8, 4) is 0 Å². The molecule has 0 radical (unpaired) electrons. The Morgan fingerprint density at radius 3 is 2.40 bits per heavy atom. The van der Waals surface area contributed by atoms with E-state index in [2.05, 4.69) is 4.74 Å². The van der Waals surface area contributed by atoms with Gasteiger partial charge >= 0.3 is 5.97 Å². The monoisotopic (exact) mass is 206 g/mol. The molecule has 3 nitrogen and oxygen atoms in total.